The molecule has 148 valence electrons. The number of furan rings is 1. The third-order valence-electron chi connectivity index (χ3n) is 4.62. The second kappa shape index (κ2) is 7.13. The number of amides is 3. The fourth-order valence-corrected chi connectivity index (χ4v) is 3.94. The van der Waals surface area contributed by atoms with E-state index in [1.54, 1.807) is 46.9 Å². The molecule has 1 fully saturated rings. The van der Waals surface area contributed by atoms with Gasteiger partial charge in [-0.2, -0.15) is 0 Å². The molecule has 0 spiro atoms. The lowest BCUT2D eigenvalue weighted by Crippen LogP contribution is -2.37. The topological polar surface area (TPSA) is 97.1 Å². The lowest BCUT2D eigenvalue weighted by molar-refractivity contribution is -0.116. The maximum Gasteiger partial charge on any atom is 0.325 e. The van der Waals surface area contributed by atoms with Gasteiger partial charge in [0.2, 0.25) is 12.7 Å². The van der Waals surface area contributed by atoms with E-state index in [1.165, 1.54) is 16.2 Å². The Balaban J connectivity index is 1.21. The summed E-state index contributed by atoms with van der Waals surface area (Å²) in [7, 11) is 0. The van der Waals surface area contributed by atoms with Gasteiger partial charge in [-0.1, -0.05) is 0 Å². The summed E-state index contributed by atoms with van der Waals surface area (Å²) in [6, 6.07) is 8.70. The molecular formula is C19H16N4O5S. The van der Waals surface area contributed by atoms with Crippen LogP contribution in [0.2, 0.25) is 0 Å². The van der Waals surface area contributed by atoms with Crippen molar-refractivity contribution in [3.63, 3.8) is 0 Å². The number of carbonyl (C=O) groups is 2. The van der Waals surface area contributed by atoms with Crippen LogP contribution in [0.4, 0.5) is 15.6 Å². The quantitative estimate of drug-likeness (QED) is 0.692. The third-order valence-corrected chi connectivity index (χ3v) is 5.38. The standard InChI is InChI=1S/C19H16N4O5S/c24-17(21-18-20-13(10-29-18)14-2-1-7-26-14)9-22-5-6-23(19(22)25)12-3-4-15-16(8-12)28-11-27-15/h1-4,7-8,10H,5-6,9,11H2,(H,20,21,24). The molecule has 0 atom stereocenters. The van der Waals surface area contributed by atoms with E-state index in [-0.39, 0.29) is 25.3 Å². The first-order chi connectivity index (χ1) is 14.2. The number of fused-ring (bicyclic) bond motifs is 1. The first kappa shape index (κ1) is 17.6. The maximum absolute atomic E-state index is 12.7. The molecule has 2 aliphatic rings. The highest BCUT2D eigenvalue weighted by molar-refractivity contribution is 7.14. The number of thiazole rings is 1. The van der Waals surface area contributed by atoms with Crippen LogP contribution in [0, 0.1) is 0 Å². The number of carbonyl (C=O) groups excluding carboxylic acids is 2. The molecule has 1 N–H and O–H groups in total. The van der Waals surface area contributed by atoms with Crippen LogP contribution >= 0.6 is 11.3 Å². The highest BCUT2D eigenvalue weighted by Crippen LogP contribution is 2.36. The molecule has 3 aromatic rings. The summed E-state index contributed by atoms with van der Waals surface area (Å²) in [5.41, 5.74) is 1.37. The largest absolute Gasteiger partial charge is 0.463 e. The van der Waals surface area contributed by atoms with Crippen LogP contribution in [0.15, 0.2) is 46.4 Å². The van der Waals surface area contributed by atoms with Crippen LogP contribution in [0.5, 0.6) is 11.5 Å². The van der Waals surface area contributed by atoms with Gasteiger partial charge in [-0.15, -0.1) is 11.3 Å². The van der Waals surface area contributed by atoms with Gasteiger partial charge in [0, 0.05) is 30.2 Å². The fraction of sp³-hybridized carbons (Fsp3) is 0.211. The van der Waals surface area contributed by atoms with Crippen molar-refractivity contribution < 1.29 is 23.5 Å². The summed E-state index contributed by atoms with van der Waals surface area (Å²) < 4.78 is 16.0. The summed E-state index contributed by atoms with van der Waals surface area (Å²) in [6.07, 6.45) is 1.57. The number of nitrogens with zero attached hydrogens (tertiary/aromatic N) is 3. The predicted octanol–water partition coefficient (Wildman–Crippen LogP) is 3.01. The number of nitrogens with one attached hydrogen (secondary N) is 1. The van der Waals surface area contributed by atoms with Gasteiger partial charge in [-0.25, -0.2) is 9.78 Å². The molecule has 0 unspecified atom stereocenters. The molecule has 5 rings (SSSR count). The van der Waals surface area contributed by atoms with E-state index in [0.29, 0.717) is 46.9 Å². The minimum Gasteiger partial charge on any atom is -0.463 e. The molecule has 0 bridgehead atoms. The van der Waals surface area contributed by atoms with Crippen molar-refractivity contribution in [2.75, 3.05) is 36.6 Å². The Hall–Kier alpha value is -3.53. The number of rotatable bonds is 5. The van der Waals surface area contributed by atoms with Gasteiger partial charge in [0.05, 0.1) is 6.26 Å². The van der Waals surface area contributed by atoms with Crippen LogP contribution in [0.1, 0.15) is 0 Å². The van der Waals surface area contributed by atoms with Crippen LogP contribution < -0.4 is 19.7 Å². The van der Waals surface area contributed by atoms with Gasteiger partial charge in [0.15, 0.2) is 22.4 Å². The Kier molecular flexibility index (Phi) is 4.32. The van der Waals surface area contributed by atoms with Crippen molar-refractivity contribution in [1.29, 1.82) is 0 Å². The zero-order valence-corrected chi connectivity index (χ0v) is 16.0. The van der Waals surface area contributed by atoms with E-state index >= 15 is 0 Å². The minimum atomic E-state index is -0.300. The van der Waals surface area contributed by atoms with Gasteiger partial charge in [0.25, 0.3) is 0 Å². The monoisotopic (exact) mass is 412 g/mol. The number of hydrogen-bond acceptors (Lipinski definition) is 7. The lowest BCUT2D eigenvalue weighted by Gasteiger charge is -2.18. The van der Waals surface area contributed by atoms with Crippen molar-refractivity contribution in [2.24, 2.45) is 0 Å². The summed E-state index contributed by atoms with van der Waals surface area (Å²) in [4.78, 5) is 32.6. The Labute approximate surface area is 169 Å². The minimum absolute atomic E-state index is 0.0461. The molecule has 2 aromatic heterocycles. The van der Waals surface area contributed by atoms with E-state index in [0.717, 1.165) is 0 Å². The molecule has 1 aromatic carbocycles. The maximum atomic E-state index is 12.7. The molecule has 0 radical (unpaired) electrons. The number of benzene rings is 1. The van der Waals surface area contributed by atoms with Gasteiger partial charge in [-0.05, 0) is 24.3 Å². The summed E-state index contributed by atoms with van der Waals surface area (Å²) in [6.45, 7) is 1.08. The number of hydrogen-bond donors (Lipinski definition) is 1. The van der Waals surface area contributed by atoms with Gasteiger partial charge >= 0.3 is 6.03 Å². The Bertz CT molecular complexity index is 1060. The molecular weight excluding hydrogens is 396 g/mol. The molecule has 2 aliphatic heterocycles. The van der Waals surface area contributed by atoms with Gasteiger partial charge in [0.1, 0.15) is 12.2 Å². The van der Waals surface area contributed by atoms with Crippen LogP contribution in [0.25, 0.3) is 11.5 Å². The molecule has 29 heavy (non-hydrogen) atoms. The van der Waals surface area contributed by atoms with Gasteiger partial charge in [-0.3, -0.25) is 9.69 Å². The number of ether oxygens (including phenoxy) is 2. The predicted molar refractivity (Wildman–Crippen MR) is 105 cm³/mol. The van der Waals surface area contributed by atoms with Crippen LogP contribution in [-0.4, -0.2) is 48.2 Å². The molecule has 3 amide bonds. The second-order valence-corrected chi connectivity index (χ2v) is 7.31. The fourth-order valence-electron chi connectivity index (χ4n) is 3.22. The summed E-state index contributed by atoms with van der Waals surface area (Å²) in [5, 5.41) is 5.00. The highest BCUT2D eigenvalue weighted by Gasteiger charge is 2.32. The van der Waals surface area contributed by atoms with Crippen molar-refractivity contribution in [3.05, 3.63) is 42.0 Å². The molecule has 0 saturated carbocycles. The molecule has 0 aliphatic carbocycles. The van der Waals surface area contributed by atoms with Crippen molar-refractivity contribution in [3.8, 4) is 23.0 Å². The summed E-state index contributed by atoms with van der Waals surface area (Å²) in [5.74, 6) is 1.61. The number of anilines is 2. The van der Waals surface area contributed by atoms with Crippen LogP contribution in [0.3, 0.4) is 0 Å². The first-order valence-electron chi connectivity index (χ1n) is 8.93. The highest BCUT2D eigenvalue weighted by atomic mass is 32.1. The second-order valence-electron chi connectivity index (χ2n) is 6.46. The van der Waals surface area contributed by atoms with Crippen molar-refractivity contribution in [1.82, 2.24) is 9.88 Å². The van der Waals surface area contributed by atoms with Gasteiger partial charge < -0.3 is 24.1 Å². The zero-order chi connectivity index (χ0) is 19.8. The average Bonchev–Trinajstić information content (AvgIpc) is 3.49. The zero-order valence-electron chi connectivity index (χ0n) is 15.2. The van der Waals surface area contributed by atoms with Crippen LogP contribution in [-0.2, 0) is 4.79 Å². The van der Waals surface area contributed by atoms with E-state index in [1.807, 2.05) is 0 Å². The Morgan fingerprint density at radius 3 is 2.97 bits per heavy atom. The van der Waals surface area contributed by atoms with E-state index in [9.17, 15) is 9.59 Å². The van der Waals surface area contributed by atoms with Crippen molar-refractivity contribution >= 4 is 34.1 Å². The SMILES string of the molecule is O=C(CN1CCN(c2ccc3c(c2)OCO3)C1=O)Nc1nc(-c2ccco2)cs1. The smallest absolute Gasteiger partial charge is 0.325 e. The molecule has 9 nitrogen and oxygen atoms in total. The third kappa shape index (κ3) is 3.38. The molecule has 1 saturated heterocycles. The average molecular weight is 412 g/mol. The van der Waals surface area contributed by atoms with E-state index in [2.05, 4.69) is 10.3 Å². The van der Waals surface area contributed by atoms with E-state index in [4.69, 9.17) is 13.9 Å². The first-order valence-corrected chi connectivity index (χ1v) is 9.81. The lowest BCUT2D eigenvalue weighted by atomic mass is 10.2. The normalized spacial score (nSPS) is 15.2. The number of aromatic nitrogens is 1. The molecule has 10 heteroatoms. The molecule has 4 heterocycles. The van der Waals surface area contributed by atoms with E-state index < -0.39 is 0 Å². The van der Waals surface area contributed by atoms with Crippen molar-refractivity contribution in [2.45, 2.75) is 0 Å². The summed E-state index contributed by atoms with van der Waals surface area (Å²) >= 11 is 1.30. The Morgan fingerprint density at radius 1 is 1.21 bits per heavy atom. The number of urea groups is 1. The Morgan fingerprint density at radius 2 is 2.10 bits per heavy atom.